The molecular formula is C32H34F2N6O. The van der Waals surface area contributed by atoms with Crippen molar-refractivity contribution in [3.8, 4) is 6.01 Å². The van der Waals surface area contributed by atoms with Crippen molar-refractivity contribution >= 4 is 22.3 Å². The zero-order valence-corrected chi connectivity index (χ0v) is 23.5. The average Bonchev–Trinajstić information content (AvgIpc) is 3.39. The van der Waals surface area contributed by atoms with Gasteiger partial charge in [0.25, 0.3) is 0 Å². The van der Waals surface area contributed by atoms with Gasteiger partial charge in [-0.25, -0.2) is 8.78 Å². The lowest BCUT2D eigenvalue weighted by Crippen LogP contribution is -2.41. The first kappa shape index (κ1) is 26.1. The molecule has 5 heterocycles. The maximum Gasteiger partial charge on any atom is 0.318 e. The number of hydrogen-bond donors (Lipinski definition) is 0. The second kappa shape index (κ2) is 10.5. The highest BCUT2D eigenvalue weighted by Gasteiger charge is 2.32. The lowest BCUT2D eigenvalue weighted by atomic mass is 9.95. The normalized spacial score (nSPS) is 20.8. The van der Waals surface area contributed by atoms with E-state index < -0.39 is 0 Å². The monoisotopic (exact) mass is 556 g/mol. The van der Waals surface area contributed by atoms with Crippen LogP contribution in [0.2, 0.25) is 0 Å². The zero-order chi connectivity index (χ0) is 28.1. The summed E-state index contributed by atoms with van der Waals surface area (Å²) in [7, 11) is 2.12. The number of benzene rings is 2. The van der Waals surface area contributed by atoms with Gasteiger partial charge in [-0.1, -0.05) is 24.3 Å². The number of ether oxygens (including phenoxy) is 1. The first-order valence-electron chi connectivity index (χ1n) is 14.5. The summed E-state index contributed by atoms with van der Waals surface area (Å²) in [4.78, 5) is 20.7. The van der Waals surface area contributed by atoms with Crippen molar-refractivity contribution in [1.29, 1.82) is 0 Å². The molecule has 2 aromatic heterocycles. The maximum atomic E-state index is 15.0. The Balaban J connectivity index is 1.27. The van der Waals surface area contributed by atoms with E-state index in [0.29, 0.717) is 62.1 Å². The molecule has 212 valence electrons. The number of rotatable bonds is 5. The SMILES string of the molecule is C[C@@H]1Cc2cncc(F)c2CN1c1nc(OC[C@@H]2CCCN2C)nc2c1CCN(c1cccc3cccc(F)c13)C2. The van der Waals surface area contributed by atoms with Crippen molar-refractivity contribution in [3.63, 3.8) is 0 Å². The predicted octanol–water partition coefficient (Wildman–Crippen LogP) is 5.29. The maximum absolute atomic E-state index is 15.0. The lowest BCUT2D eigenvalue weighted by Gasteiger charge is -2.39. The van der Waals surface area contributed by atoms with E-state index in [0.717, 1.165) is 53.1 Å². The molecule has 7 rings (SSSR count). The largest absolute Gasteiger partial charge is 0.462 e. The van der Waals surface area contributed by atoms with Gasteiger partial charge in [0.15, 0.2) is 0 Å². The number of pyridine rings is 1. The van der Waals surface area contributed by atoms with E-state index in [1.807, 2.05) is 24.3 Å². The Labute approximate surface area is 238 Å². The van der Waals surface area contributed by atoms with Gasteiger partial charge in [0.2, 0.25) is 0 Å². The molecule has 9 heteroatoms. The quantitative estimate of drug-likeness (QED) is 0.331. The summed E-state index contributed by atoms with van der Waals surface area (Å²) in [6, 6.07) is 11.9. The fourth-order valence-electron chi connectivity index (χ4n) is 6.69. The van der Waals surface area contributed by atoms with Gasteiger partial charge in [0, 0.05) is 53.6 Å². The fourth-order valence-corrected chi connectivity index (χ4v) is 6.69. The van der Waals surface area contributed by atoms with E-state index in [2.05, 4.69) is 33.7 Å². The third-order valence-corrected chi connectivity index (χ3v) is 9.01. The number of likely N-dealkylation sites (N-methyl/N-ethyl adjacent to an activating group) is 1. The van der Waals surface area contributed by atoms with Gasteiger partial charge >= 0.3 is 6.01 Å². The van der Waals surface area contributed by atoms with Crippen LogP contribution in [-0.2, 0) is 25.9 Å². The molecule has 0 spiro atoms. The highest BCUT2D eigenvalue weighted by atomic mass is 19.1. The Hall–Kier alpha value is -3.85. The summed E-state index contributed by atoms with van der Waals surface area (Å²) in [5, 5.41) is 1.50. The Morgan fingerprint density at radius 1 is 0.976 bits per heavy atom. The molecule has 0 radical (unpaired) electrons. The van der Waals surface area contributed by atoms with Crippen LogP contribution in [0.5, 0.6) is 6.01 Å². The smallest absolute Gasteiger partial charge is 0.318 e. The molecule has 3 aliphatic heterocycles. The van der Waals surface area contributed by atoms with Crippen molar-refractivity contribution in [1.82, 2.24) is 19.9 Å². The highest BCUT2D eigenvalue weighted by Crippen LogP contribution is 2.37. The minimum atomic E-state index is -0.285. The second-order valence-electron chi connectivity index (χ2n) is 11.6. The van der Waals surface area contributed by atoms with E-state index in [4.69, 9.17) is 14.7 Å². The molecule has 41 heavy (non-hydrogen) atoms. The Bertz CT molecular complexity index is 1610. The molecule has 1 fully saturated rings. The molecule has 1 saturated heterocycles. The number of hydrogen-bond acceptors (Lipinski definition) is 7. The van der Waals surface area contributed by atoms with Crippen LogP contribution < -0.4 is 14.5 Å². The minimum absolute atomic E-state index is 0.101. The molecule has 2 aromatic carbocycles. The summed E-state index contributed by atoms with van der Waals surface area (Å²) in [6.45, 7) is 5.34. The van der Waals surface area contributed by atoms with Crippen LogP contribution in [0.25, 0.3) is 10.8 Å². The number of nitrogens with zero attached hydrogens (tertiary/aromatic N) is 6. The number of anilines is 2. The standard InChI is InChI=1S/C32H34F2N6O/c1-20-14-22-15-35-16-27(34)25(22)17-40(20)31-24-11-13-39(29-10-4-7-21-6-3-9-26(33)30(21)29)18-28(24)36-32(37-31)41-19-23-8-5-12-38(23)2/h3-4,6-7,9-10,15-16,20,23H,5,8,11-14,17-19H2,1-2H3/t20-,23+/m1/s1. The van der Waals surface area contributed by atoms with Crippen molar-refractivity contribution in [2.45, 2.75) is 57.8 Å². The average molecular weight is 557 g/mol. The van der Waals surface area contributed by atoms with Gasteiger partial charge in [-0.3, -0.25) is 4.98 Å². The van der Waals surface area contributed by atoms with Crippen LogP contribution in [-0.4, -0.2) is 58.7 Å². The molecule has 2 atom stereocenters. The summed E-state index contributed by atoms with van der Waals surface area (Å²) < 4.78 is 36.1. The molecule has 0 unspecified atom stereocenters. The molecule has 0 bridgehead atoms. The zero-order valence-electron chi connectivity index (χ0n) is 23.5. The van der Waals surface area contributed by atoms with Gasteiger partial charge < -0.3 is 19.4 Å². The predicted molar refractivity (Wildman–Crippen MR) is 155 cm³/mol. The summed E-state index contributed by atoms with van der Waals surface area (Å²) in [5.41, 5.74) is 4.40. The second-order valence-corrected chi connectivity index (χ2v) is 11.6. The van der Waals surface area contributed by atoms with Crippen molar-refractivity contribution < 1.29 is 13.5 Å². The number of halogens is 2. The third-order valence-electron chi connectivity index (χ3n) is 9.01. The molecule has 0 aliphatic carbocycles. The van der Waals surface area contributed by atoms with Crippen LogP contribution >= 0.6 is 0 Å². The van der Waals surface area contributed by atoms with Gasteiger partial charge in [-0.15, -0.1) is 0 Å². The molecular weight excluding hydrogens is 522 g/mol. The van der Waals surface area contributed by atoms with Crippen molar-refractivity contribution in [2.24, 2.45) is 0 Å². The van der Waals surface area contributed by atoms with Crippen molar-refractivity contribution in [3.05, 3.63) is 82.8 Å². The Morgan fingerprint density at radius 2 is 1.83 bits per heavy atom. The van der Waals surface area contributed by atoms with E-state index in [1.165, 1.54) is 12.3 Å². The topological polar surface area (TPSA) is 57.6 Å². The molecule has 0 saturated carbocycles. The highest BCUT2D eigenvalue weighted by molar-refractivity contribution is 5.95. The van der Waals surface area contributed by atoms with E-state index in [1.54, 1.807) is 12.3 Å². The Morgan fingerprint density at radius 3 is 2.66 bits per heavy atom. The van der Waals surface area contributed by atoms with Crippen LogP contribution in [0.1, 0.15) is 42.1 Å². The first-order chi connectivity index (χ1) is 20.0. The molecule has 7 nitrogen and oxygen atoms in total. The summed E-state index contributed by atoms with van der Waals surface area (Å²) in [5.74, 6) is 0.296. The van der Waals surface area contributed by atoms with Gasteiger partial charge in [0.1, 0.15) is 24.1 Å². The van der Waals surface area contributed by atoms with Gasteiger partial charge in [-0.05, 0) is 69.3 Å². The third kappa shape index (κ3) is 4.76. The molecule has 4 aromatic rings. The van der Waals surface area contributed by atoms with Crippen LogP contribution in [0.15, 0.2) is 48.8 Å². The number of fused-ring (bicyclic) bond motifs is 3. The number of aromatic nitrogens is 3. The minimum Gasteiger partial charge on any atom is -0.462 e. The van der Waals surface area contributed by atoms with Gasteiger partial charge in [-0.2, -0.15) is 9.97 Å². The lowest BCUT2D eigenvalue weighted by molar-refractivity contribution is 0.187. The van der Waals surface area contributed by atoms with Gasteiger partial charge in [0.05, 0.1) is 18.4 Å². The van der Waals surface area contributed by atoms with Crippen molar-refractivity contribution in [2.75, 3.05) is 36.5 Å². The fraction of sp³-hybridized carbons (Fsp3) is 0.406. The summed E-state index contributed by atoms with van der Waals surface area (Å²) in [6.07, 6.45) is 6.68. The van der Waals surface area contributed by atoms with Crippen LogP contribution in [0.3, 0.4) is 0 Å². The first-order valence-corrected chi connectivity index (χ1v) is 14.5. The molecule has 0 N–H and O–H groups in total. The van der Waals surface area contributed by atoms with Crippen LogP contribution in [0, 0.1) is 11.6 Å². The van der Waals surface area contributed by atoms with E-state index in [-0.39, 0.29) is 17.7 Å². The molecule has 0 amide bonds. The van der Waals surface area contributed by atoms with E-state index in [9.17, 15) is 4.39 Å². The van der Waals surface area contributed by atoms with E-state index >= 15 is 4.39 Å². The Kier molecular flexibility index (Phi) is 6.69. The molecule has 3 aliphatic rings. The number of likely N-dealkylation sites (tertiary alicyclic amines) is 1. The summed E-state index contributed by atoms with van der Waals surface area (Å²) >= 11 is 0. The van der Waals surface area contributed by atoms with Crippen LogP contribution in [0.4, 0.5) is 20.3 Å².